The second-order valence-electron chi connectivity index (χ2n) is 3.81. The van der Waals surface area contributed by atoms with E-state index < -0.39 is 26.3 Å². The van der Waals surface area contributed by atoms with Crippen LogP contribution < -0.4 is 4.72 Å². The van der Waals surface area contributed by atoms with Crippen LogP contribution in [0.5, 0.6) is 0 Å². The standard InChI is InChI=1S/C13H8BrFN2O2S/c14-10-4-1-2-6-12(10)17-20(18,19)13-7-3-5-11(15)9(13)8-16/h1-7,17H. The van der Waals surface area contributed by atoms with Gasteiger partial charge in [0, 0.05) is 4.47 Å². The Bertz CT molecular complexity index is 800. The van der Waals surface area contributed by atoms with Crippen LogP contribution >= 0.6 is 15.9 Å². The van der Waals surface area contributed by atoms with Gasteiger partial charge < -0.3 is 0 Å². The quantitative estimate of drug-likeness (QED) is 0.919. The third-order valence-electron chi connectivity index (χ3n) is 2.49. The summed E-state index contributed by atoms with van der Waals surface area (Å²) in [7, 11) is -4.04. The van der Waals surface area contributed by atoms with E-state index in [1.54, 1.807) is 30.3 Å². The molecular weight excluding hydrogens is 347 g/mol. The summed E-state index contributed by atoms with van der Waals surface area (Å²) in [6.45, 7) is 0. The van der Waals surface area contributed by atoms with Crippen LogP contribution in [0, 0.1) is 17.1 Å². The SMILES string of the molecule is N#Cc1c(F)cccc1S(=O)(=O)Nc1ccccc1Br. The Morgan fingerprint density at radius 1 is 1.15 bits per heavy atom. The van der Waals surface area contributed by atoms with Crippen molar-refractivity contribution in [1.82, 2.24) is 0 Å². The van der Waals surface area contributed by atoms with Crippen molar-refractivity contribution in [1.29, 1.82) is 5.26 Å². The normalized spacial score (nSPS) is 10.8. The number of nitriles is 1. The van der Waals surface area contributed by atoms with Gasteiger partial charge in [-0.1, -0.05) is 18.2 Å². The van der Waals surface area contributed by atoms with Gasteiger partial charge >= 0.3 is 0 Å². The molecule has 0 aliphatic rings. The molecule has 2 rings (SSSR count). The van der Waals surface area contributed by atoms with E-state index in [1.165, 1.54) is 12.1 Å². The van der Waals surface area contributed by atoms with Crippen LogP contribution in [-0.2, 0) is 10.0 Å². The Morgan fingerprint density at radius 2 is 1.85 bits per heavy atom. The van der Waals surface area contributed by atoms with E-state index in [2.05, 4.69) is 20.7 Å². The first-order valence-corrected chi connectivity index (χ1v) is 7.69. The molecule has 0 aliphatic heterocycles. The zero-order valence-electron chi connectivity index (χ0n) is 9.97. The van der Waals surface area contributed by atoms with Crippen molar-refractivity contribution in [3.8, 4) is 6.07 Å². The average Bonchev–Trinajstić information content (AvgIpc) is 2.41. The van der Waals surface area contributed by atoms with Gasteiger partial charge in [-0.05, 0) is 40.2 Å². The molecule has 0 saturated carbocycles. The molecule has 0 aliphatic carbocycles. The van der Waals surface area contributed by atoms with Crippen molar-refractivity contribution in [3.05, 3.63) is 58.3 Å². The maximum Gasteiger partial charge on any atom is 0.263 e. The number of sulfonamides is 1. The van der Waals surface area contributed by atoms with E-state index in [1.807, 2.05) is 0 Å². The van der Waals surface area contributed by atoms with Crippen LogP contribution in [-0.4, -0.2) is 8.42 Å². The van der Waals surface area contributed by atoms with Crippen LogP contribution in [0.15, 0.2) is 51.8 Å². The fraction of sp³-hybridized carbons (Fsp3) is 0. The number of nitrogens with one attached hydrogen (secondary N) is 1. The van der Waals surface area contributed by atoms with Crippen LogP contribution in [0.4, 0.5) is 10.1 Å². The fourth-order valence-electron chi connectivity index (χ4n) is 1.58. The molecule has 20 heavy (non-hydrogen) atoms. The molecule has 0 aromatic heterocycles. The van der Waals surface area contributed by atoms with E-state index in [0.29, 0.717) is 10.2 Å². The molecule has 0 fully saturated rings. The highest BCUT2D eigenvalue weighted by Gasteiger charge is 2.21. The number of para-hydroxylation sites is 1. The summed E-state index contributed by atoms with van der Waals surface area (Å²) in [4.78, 5) is -0.393. The first-order chi connectivity index (χ1) is 9.45. The number of hydrogen-bond donors (Lipinski definition) is 1. The maximum absolute atomic E-state index is 13.5. The Labute approximate surface area is 124 Å². The minimum atomic E-state index is -4.04. The van der Waals surface area contributed by atoms with Gasteiger partial charge in [-0.3, -0.25) is 4.72 Å². The van der Waals surface area contributed by atoms with Crippen molar-refractivity contribution in [2.24, 2.45) is 0 Å². The molecule has 0 atom stereocenters. The molecule has 0 amide bonds. The van der Waals surface area contributed by atoms with Gasteiger partial charge in [0.25, 0.3) is 10.0 Å². The number of hydrogen-bond acceptors (Lipinski definition) is 3. The molecule has 7 heteroatoms. The number of halogens is 2. The average molecular weight is 355 g/mol. The minimum absolute atomic E-state index is 0.306. The molecule has 1 N–H and O–H groups in total. The molecular formula is C13H8BrFN2O2S. The lowest BCUT2D eigenvalue weighted by molar-refractivity contribution is 0.593. The van der Waals surface area contributed by atoms with E-state index in [9.17, 15) is 12.8 Å². The van der Waals surface area contributed by atoms with Crippen molar-refractivity contribution in [2.45, 2.75) is 4.90 Å². The number of benzene rings is 2. The molecule has 0 heterocycles. The third-order valence-corrected chi connectivity index (χ3v) is 4.59. The second kappa shape index (κ2) is 5.61. The van der Waals surface area contributed by atoms with E-state index >= 15 is 0 Å². The van der Waals surface area contributed by atoms with Gasteiger partial charge in [-0.2, -0.15) is 5.26 Å². The molecule has 0 saturated heterocycles. The molecule has 0 bridgehead atoms. The van der Waals surface area contributed by atoms with Crippen LogP contribution in [0.1, 0.15) is 5.56 Å². The largest absolute Gasteiger partial charge is 0.278 e. The molecule has 4 nitrogen and oxygen atoms in total. The maximum atomic E-state index is 13.5. The zero-order chi connectivity index (χ0) is 14.8. The summed E-state index contributed by atoms with van der Waals surface area (Å²) in [6, 6.07) is 11.6. The van der Waals surface area contributed by atoms with Crippen molar-refractivity contribution in [3.63, 3.8) is 0 Å². The van der Waals surface area contributed by atoms with Crippen LogP contribution in [0.2, 0.25) is 0 Å². The monoisotopic (exact) mass is 354 g/mol. The van der Waals surface area contributed by atoms with Crippen molar-refractivity contribution in [2.75, 3.05) is 4.72 Å². The van der Waals surface area contributed by atoms with Gasteiger partial charge in [-0.25, -0.2) is 12.8 Å². The van der Waals surface area contributed by atoms with E-state index in [0.717, 1.165) is 6.07 Å². The molecule has 0 unspecified atom stereocenters. The molecule has 0 spiro atoms. The predicted molar refractivity (Wildman–Crippen MR) is 76.1 cm³/mol. The Kier molecular flexibility index (Phi) is 4.06. The Morgan fingerprint density at radius 3 is 2.50 bits per heavy atom. The Hall–Kier alpha value is -1.91. The fourth-order valence-corrected chi connectivity index (χ4v) is 3.34. The van der Waals surface area contributed by atoms with Crippen molar-refractivity contribution >= 4 is 31.6 Å². The molecule has 2 aromatic carbocycles. The van der Waals surface area contributed by atoms with E-state index in [4.69, 9.17) is 5.26 Å². The predicted octanol–water partition coefficient (Wildman–Crippen LogP) is 3.26. The van der Waals surface area contributed by atoms with E-state index in [-0.39, 0.29) is 0 Å². The Balaban J connectivity index is 2.50. The highest BCUT2D eigenvalue weighted by atomic mass is 79.9. The number of rotatable bonds is 3. The highest BCUT2D eigenvalue weighted by Crippen LogP contribution is 2.26. The van der Waals surface area contributed by atoms with Crippen LogP contribution in [0.3, 0.4) is 0 Å². The summed E-state index contributed by atoms with van der Waals surface area (Å²) in [5.74, 6) is -0.873. The zero-order valence-corrected chi connectivity index (χ0v) is 12.4. The topological polar surface area (TPSA) is 70.0 Å². The lowest BCUT2D eigenvalue weighted by atomic mass is 10.2. The lowest BCUT2D eigenvalue weighted by Crippen LogP contribution is -2.15. The lowest BCUT2D eigenvalue weighted by Gasteiger charge is -2.10. The summed E-state index contributed by atoms with van der Waals surface area (Å²) in [5, 5.41) is 8.89. The first-order valence-electron chi connectivity index (χ1n) is 5.41. The second-order valence-corrected chi connectivity index (χ2v) is 6.32. The number of anilines is 1. The van der Waals surface area contributed by atoms with Gasteiger partial charge in [0.15, 0.2) is 0 Å². The summed E-state index contributed by atoms with van der Waals surface area (Å²) >= 11 is 3.21. The smallest absolute Gasteiger partial charge is 0.263 e. The summed E-state index contributed by atoms with van der Waals surface area (Å²) in [5.41, 5.74) is -0.201. The van der Waals surface area contributed by atoms with Gasteiger partial charge in [-0.15, -0.1) is 0 Å². The van der Waals surface area contributed by atoms with Crippen LogP contribution in [0.25, 0.3) is 0 Å². The number of nitrogens with zero attached hydrogens (tertiary/aromatic N) is 1. The molecule has 0 radical (unpaired) electrons. The minimum Gasteiger partial charge on any atom is -0.278 e. The van der Waals surface area contributed by atoms with Crippen molar-refractivity contribution < 1.29 is 12.8 Å². The first kappa shape index (κ1) is 14.5. The highest BCUT2D eigenvalue weighted by molar-refractivity contribution is 9.10. The van der Waals surface area contributed by atoms with Gasteiger partial charge in [0.1, 0.15) is 22.3 Å². The molecule has 102 valence electrons. The molecule has 2 aromatic rings. The summed E-state index contributed by atoms with van der Waals surface area (Å²) in [6.07, 6.45) is 0. The third kappa shape index (κ3) is 2.81. The van der Waals surface area contributed by atoms with Gasteiger partial charge in [0.2, 0.25) is 0 Å². The summed E-state index contributed by atoms with van der Waals surface area (Å²) < 4.78 is 40.8. The van der Waals surface area contributed by atoms with Gasteiger partial charge in [0.05, 0.1) is 5.69 Å².